The van der Waals surface area contributed by atoms with Gasteiger partial charge in [-0.05, 0) is 30.9 Å². The van der Waals surface area contributed by atoms with Crippen LogP contribution in [0.2, 0.25) is 0 Å². The molecule has 0 saturated heterocycles. The molecule has 0 amide bonds. The Balaban J connectivity index is 1.73. The smallest absolute Gasteiger partial charge is 0.123 e. The highest BCUT2D eigenvalue weighted by Gasteiger charge is 2.26. The molecule has 4 heteroatoms. The van der Waals surface area contributed by atoms with Gasteiger partial charge in [0.1, 0.15) is 5.82 Å². The third kappa shape index (κ3) is 2.38. The molecule has 2 atom stereocenters. The van der Waals surface area contributed by atoms with Gasteiger partial charge >= 0.3 is 0 Å². The number of nitrogens with one attached hydrogen (secondary N) is 1. The Bertz CT molecular complexity index is 564. The zero-order valence-electron chi connectivity index (χ0n) is 11.3. The van der Waals surface area contributed by atoms with Crippen molar-refractivity contribution in [1.29, 1.82) is 0 Å². The summed E-state index contributed by atoms with van der Waals surface area (Å²) in [4.78, 5) is 4.66. The van der Waals surface area contributed by atoms with Crippen LogP contribution >= 0.6 is 0 Å². The summed E-state index contributed by atoms with van der Waals surface area (Å²) in [7, 11) is 2.06. The Labute approximate surface area is 113 Å². The first kappa shape index (κ1) is 12.6. The van der Waals surface area contributed by atoms with Crippen molar-refractivity contribution < 1.29 is 5.11 Å². The maximum absolute atomic E-state index is 9.34. The Morgan fingerprint density at radius 3 is 3.00 bits per heavy atom. The van der Waals surface area contributed by atoms with Gasteiger partial charge in [0.15, 0.2) is 0 Å². The van der Waals surface area contributed by atoms with Gasteiger partial charge in [-0.25, -0.2) is 4.98 Å². The number of aliphatic hydroxyl groups is 1. The number of hydrogen-bond acceptors (Lipinski definition) is 3. The fourth-order valence-corrected chi connectivity index (χ4v) is 3.10. The van der Waals surface area contributed by atoms with Crippen LogP contribution < -0.4 is 5.32 Å². The summed E-state index contributed by atoms with van der Waals surface area (Å²) >= 11 is 0. The molecule has 102 valence electrons. The standard InChI is InChI=1S/C15H21N3O/c1-18-14-8-3-2-6-13(14)17-15(18)9-16-12-7-4-5-11(12)10-19/h2-3,6,8,11-12,16,19H,4-5,7,9-10H2,1H3. The topological polar surface area (TPSA) is 50.1 Å². The number of aryl methyl sites for hydroxylation is 1. The second-order valence-corrected chi connectivity index (χ2v) is 5.44. The van der Waals surface area contributed by atoms with Gasteiger partial charge in [0.05, 0.1) is 17.6 Å². The Hall–Kier alpha value is -1.39. The predicted molar refractivity (Wildman–Crippen MR) is 75.8 cm³/mol. The summed E-state index contributed by atoms with van der Waals surface area (Å²) in [5.74, 6) is 1.47. The van der Waals surface area contributed by atoms with Gasteiger partial charge in [0, 0.05) is 19.7 Å². The quantitative estimate of drug-likeness (QED) is 0.880. The summed E-state index contributed by atoms with van der Waals surface area (Å²) in [6, 6.07) is 8.64. The zero-order chi connectivity index (χ0) is 13.2. The van der Waals surface area contributed by atoms with Crippen molar-refractivity contribution in [1.82, 2.24) is 14.9 Å². The van der Waals surface area contributed by atoms with Crippen LogP contribution in [0.15, 0.2) is 24.3 Å². The molecule has 3 rings (SSSR count). The Morgan fingerprint density at radius 1 is 1.37 bits per heavy atom. The van der Waals surface area contributed by atoms with E-state index in [1.807, 2.05) is 18.2 Å². The molecule has 2 unspecified atom stereocenters. The number of aliphatic hydroxyl groups excluding tert-OH is 1. The molecule has 1 aliphatic carbocycles. The van der Waals surface area contributed by atoms with Gasteiger partial charge < -0.3 is 15.0 Å². The number of nitrogens with zero attached hydrogens (tertiary/aromatic N) is 2. The molecule has 0 aliphatic heterocycles. The summed E-state index contributed by atoms with van der Waals surface area (Å²) in [6.45, 7) is 1.06. The fourth-order valence-electron chi connectivity index (χ4n) is 3.10. The molecule has 0 spiro atoms. The van der Waals surface area contributed by atoms with Crippen LogP contribution in [0.5, 0.6) is 0 Å². The molecule has 1 heterocycles. The van der Waals surface area contributed by atoms with Crippen molar-refractivity contribution in [3.63, 3.8) is 0 Å². The van der Waals surface area contributed by atoms with Crippen LogP contribution in [0.3, 0.4) is 0 Å². The van der Waals surface area contributed by atoms with Crippen LogP contribution in [0.4, 0.5) is 0 Å². The largest absolute Gasteiger partial charge is 0.396 e. The minimum absolute atomic E-state index is 0.292. The number of imidazole rings is 1. The van der Waals surface area contributed by atoms with Crippen LogP contribution in [-0.2, 0) is 13.6 Å². The molecule has 0 radical (unpaired) electrons. The lowest BCUT2D eigenvalue weighted by Gasteiger charge is -2.18. The summed E-state index contributed by atoms with van der Waals surface area (Å²) < 4.78 is 2.14. The van der Waals surface area contributed by atoms with Gasteiger partial charge in [0.2, 0.25) is 0 Å². The third-order valence-electron chi connectivity index (χ3n) is 4.30. The highest BCUT2D eigenvalue weighted by molar-refractivity contribution is 5.75. The molecule has 2 aromatic rings. The first-order chi connectivity index (χ1) is 9.29. The molecule has 1 saturated carbocycles. The van der Waals surface area contributed by atoms with Gasteiger partial charge in [-0.1, -0.05) is 18.6 Å². The van der Waals surface area contributed by atoms with Crippen LogP contribution in [-0.4, -0.2) is 27.3 Å². The highest BCUT2D eigenvalue weighted by atomic mass is 16.3. The summed E-state index contributed by atoms with van der Waals surface area (Å²) in [5, 5.41) is 12.9. The maximum Gasteiger partial charge on any atom is 0.123 e. The molecule has 1 aliphatic rings. The number of aromatic nitrogens is 2. The molecular formula is C15H21N3O. The van der Waals surface area contributed by atoms with Crippen molar-refractivity contribution in [2.75, 3.05) is 6.61 Å². The molecule has 2 N–H and O–H groups in total. The lowest BCUT2D eigenvalue weighted by Crippen LogP contribution is -2.34. The van der Waals surface area contributed by atoms with Crippen LogP contribution in [0.1, 0.15) is 25.1 Å². The van der Waals surface area contributed by atoms with E-state index >= 15 is 0 Å². The summed E-state index contributed by atoms with van der Waals surface area (Å²) in [5.41, 5.74) is 2.22. The van der Waals surface area contributed by atoms with Crippen molar-refractivity contribution in [2.45, 2.75) is 31.8 Å². The Morgan fingerprint density at radius 2 is 2.21 bits per heavy atom. The van der Waals surface area contributed by atoms with Crippen LogP contribution in [0, 0.1) is 5.92 Å². The monoisotopic (exact) mass is 259 g/mol. The van der Waals surface area contributed by atoms with Crippen molar-refractivity contribution in [2.24, 2.45) is 13.0 Å². The van der Waals surface area contributed by atoms with Gasteiger partial charge in [-0.15, -0.1) is 0 Å². The predicted octanol–water partition coefficient (Wildman–Crippen LogP) is 1.82. The first-order valence-electron chi connectivity index (χ1n) is 7.04. The van der Waals surface area contributed by atoms with E-state index in [2.05, 4.69) is 28.0 Å². The fraction of sp³-hybridized carbons (Fsp3) is 0.533. The minimum atomic E-state index is 0.292. The molecule has 4 nitrogen and oxygen atoms in total. The first-order valence-corrected chi connectivity index (χ1v) is 7.04. The summed E-state index contributed by atoms with van der Waals surface area (Å²) in [6.07, 6.45) is 3.51. The average Bonchev–Trinajstić information content (AvgIpc) is 3.01. The number of hydrogen-bond donors (Lipinski definition) is 2. The van der Waals surface area contributed by atoms with Gasteiger partial charge in [-0.3, -0.25) is 0 Å². The number of benzene rings is 1. The van der Waals surface area contributed by atoms with E-state index in [0.717, 1.165) is 30.7 Å². The Kier molecular flexibility index (Phi) is 3.53. The second-order valence-electron chi connectivity index (χ2n) is 5.44. The van der Waals surface area contributed by atoms with E-state index in [1.165, 1.54) is 11.9 Å². The molecular weight excluding hydrogens is 238 g/mol. The lowest BCUT2D eigenvalue weighted by atomic mass is 10.1. The number of para-hydroxylation sites is 2. The second kappa shape index (κ2) is 5.31. The number of rotatable bonds is 4. The molecule has 1 aromatic carbocycles. The van der Waals surface area contributed by atoms with E-state index in [0.29, 0.717) is 18.6 Å². The minimum Gasteiger partial charge on any atom is -0.396 e. The number of fused-ring (bicyclic) bond motifs is 1. The van der Waals surface area contributed by atoms with Gasteiger partial charge in [-0.2, -0.15) is 0 Å². The lowest BCUT2D eigenvalue weighted by molar-refractivity contribution is 0.204. The van der Waals surface area contributed by atoms with Crippen molar-refractivity contribution in [3.05, 3.63) is 30.1 Å². The maximum atomic E-state index is 9.34. The third-order valence-corrected chi connectivity index (χ3v) is 4.30. The molecule has 0 bridgehead atoms. The van der Waals surface area contributed by atoms with E-state index in [1.54, 1.807) is 0 Å². The van der Waals surface area contributed by atoms with Crippen molar-refractivity contribution >= 4 is 11.0 Å². The van der Waals surface area contributed by atoms with Crippen molar-refractivity contribution in [3.8, 4) is 0 Å². The van der Waals surface area contributed by atoms with E-state index in [-0.39, 0.29) is 0 Å². The highest BCUT2D eigenvalue weighted by Crippen LogP contribution is 2.25. The van der Waals surface area contributed by atoms with E-state index in [4.69, 9.17) is 0 Å². The SMILES string of the molecule is Cn1c(CNC2CCCC2CO)nc2ccccc21. The normalized spacial score (nSPS) is 23.3. The van der Waals surface area contributed by atoms with E-state index in [9.17, 15) is 5.11 Å². The van der Waals surface area contributed by atoms with Gasteiger partial charge in [0.25, 0.3) is 0 Å². The average molecular weight is 259 g/mol. The molecule has 1 fully saturated rings. The van der Waals surface area contributed by atoms with E-state index < -0.39 is 0 Å². The van der Waals surface area contributed by atoms with Crippen LogP contribution in [0.25, 0.3) is 11.0 Å². The zero-order valence-corrected chi connectivity index (χ0v) is 11.3. The molecule has 1 aromatic heterocycles. The molecule has 19 heavy (non-hydrogen) atoms.